The van der Waals surface area contributed by atoms with Crippen LogP contribution < -0.4 is 5.32 Å². The second-order valence-electron chi connectivity index (χ2n) is 11.3. The van der Waals surface area contributed by atoms with Gasteiger partial charge in [-0.2, -0.15) is 0 Å². The van der Waals surface area contributed by atoms with Gasteiger partial charge in [0.25, 0.3) is 0 Å². The number of fused-ring (bicyclic) bond motifs is 4. The summed E-state index contributed by atoms with van der Waals surface area (Å²) in [6, 6.07) is 0. The molecule has 5 atom stereocenters. The third kappa shape index (κ3) is 4.37. The van der Waals surface area contributed by atoms with E-state index < -0.39 is 52.4 Å². The third-order valence-corrected chi connectivity index (χ3v) is 8.59. The van der Waals surface area contributed by atoms with Crippen LogP contribution in [0.5, 0.6) is 0 Å². The summed E-state index contributed by atoms with van der Waals surface area (Å²) in [7, 11) is 5.40. The SMILES string of the molecule is COCC1OC(=O)/C(=C\NCCCN(C)C)C2=C(O)C(=O)C3=C([C@H](OC(C)=O)C[C@]4(C)C(=O)CC[C@@H]34)[C@]21C. The fourth-order valence-corrected chi connectivity index (χ4v) is 6.77. The molecule has 208 valence electrons. The van der Waals surface area contributed by atoms with Gasteiger partial charge in [0.15, 0.2) is 5.76 Å². The van der Waals surface area contributed by atoms with E-state index in [0.717, 1.165) is 13.0 Å². The summed E-state index contributed by atoms with van der Waals surface area (Å²) >= 11 is 0. The minimum atomic E-state index is -1.23. The first kappa shape index (κ1) is 28.0. The molecule has 1 aliphatic heterocycles. The summed E-state index contributed by atoms with van der Waals surface area (Å²) in [6.45, 7) is 6.24. The summed E-state index contributed by atoms with van der Waals surface area (Å²) in [5, 5.41) is 14.6. The highest BCUT2D eigenvalue weighted by Gasteiger charge is 2.64. The normalized spacial score (nSPS) is 33.8. The van der Waals surface area contributed by atoms with E-state index in [2.05, 4.69) is 5.32 Å². The van der Waals surface area contributed by atoms with E-state index in [-0.39, 0.29) is 35.5 Å². The number of carbonyl (C=O) groups is 4. The van der Waals surface area contributed by atoms with Gasteiger partial charge in [0.05, 0.1) is 17.6 Å². The van der Waals surface area contributed by atoms with Gasteiger partial charge in [0.1, 0.15) is 18.0 Å². The highest BCUT2D eigenvalue weighted by atomic mass is 16.6. The Morgan fingerprint density at radius 1 is 1.26 bits per heavy atom. The predicted molar refractivity (Wildman–Crippen MR) is 137 cm³/mol. The lowest BCUT2D eigenvalue weighted by Crippen LogP contribution is -2.57. The van der Waals surface area contributed by atoms with E-state index in [9.17, 15) is 24.3 Å². The molecule has 10 heteroatoms. The van der Waals surface area contributed by atoms with Crippen LogP contribution in [0.2, 0.25) is 0 Å². The van der Waals surface area contributed by atoms with Gasteiger partial charge in [-0.05, 0) is 46.0 Å². The van der Waals surface area contributed by atoms with Crippen molar-refractivity contribution in [1.29, 1.82) is 0 Å². The van der Waals surface area contributed by atoms with E-state index in [0.29, 0.717) is 25.0 Å². The quantitative estimate of drug-likeness (QED) is 0.273. The number of hydrogen-bond acceptors (Lipinski definition) is 10. The molecule has 0 aromatic rings. The Kier molecular flexibility index (Phi) is 7.60. The number of nitrogens with zero attached hydrogens (tertiary/aromatic N) is 1. The van der Waals surface area contributed by atoms with Crippen molar-refractivity contribution in [2.75, 3.05) is 40.9 Å². The van der Waals surface area contributed by atoms with Crippen LogP contribution in [-0.4, -0.2) is 86.6 Å². The molecule has 0 aromatic carbocycles. The van der Waals surface area contributed by atoms with Crippen LogP contribution in [0.15, 0.2) is 34.3 Å². The number of carbonyl (C=O) groups excluding carboxylic acids is 4. The Labute approximate surface area is 223 Å². The van der Waals surface area contributed by atoms with E-state index in [1.54, 1.807) is 13.8 Å². The Bertz CT molecular complexity index is 1150. The number of Topliss-reactive ketones (excluding diaryl/α,β-unsaturated/α-hetero) is 2. The molecule has 1 heterocycles. The Morgan fingerprint density at radius 3 is 2.61 bits per heavy atom. The van der Waals surface area contributed by atoms with E-state index in [1.807, 2.05) is 19.0 Å². The maximum absolute atomic E-state index is 13.9. The fourth-order valence-electron chi connectivity index (χ4n) is 6.77. The third-order valence-electron chi connectivity index (χ3n) is 8.59. The summed E-state index contributed by atoms with van der Waals surface area (Å²) in [6.07, 6.45) is 1.44. The monoisotopic (exact) mass is 530 g/mol. The van der Waals surface area contributed by atoms with Gasteiger partial charge in [-0.15, -0.1) is 0 Å². The lowest BCUT2D eigenvalue weighted by molar-refractivity contribution is -0.160. The molecule has 2 fully saturated rings. The van der Waals surface area contributed by atoms with Gasteiger partial charge in [-0.1, -0.05) is 6.92 Å². The number of esters is 2. The molecule has 0 spiro atoms. The van der Waals surface area contributed by atoms with Gasteiger partial charge >= 0.3 is 11.9 Å². The number of cyclic esters (lactones) is 1. The van der Waals surface area contributed by atoms with Crippen molar-refractivity contribution < 1.29 is 38.5 Å². The molecule has 4 aliphatic rings. The average molecular weight is 531 g/mol. The van der Waals surface area contributed by atoms with Crippen molar-refractivity contribution in [3.05, 3.63) is 34.3 Å². The zero-order valence-electron chi connectivity index (χ0n) is 23.0. The highest BCUT2D eigenvalue weighted by molar-refractivity contribution is 6.14. The first-order valence-electron chi connectivity index (χ1n) is 13.1. The van der Waals surface area contributed by atoms with E-state index in [4.69, 9.17) is 14.2 Å². The molecule has 38 heavy (non-hydrogen) atoms. The standard InChI is InChI=1S/C28H38N2O8/c1-15(31)37-18-12-27(2)17(8-9-19(27)32)21-23(18)28(3)20(14-36-6)38-26(35)16(22(28)25(34)24(21)33)13-29-10-7-11-30(4)5/h13,17-18,20,29,34H,7-12,14H2,1-6H3/b16-13-/t17-,18+,20?,27-,28-/m0/s1. The Hall–Kier alpha value is -2.98. The number of allylic oxidation sites excluding steroid dienone is 1. The molecule has 0 aromatic heterocycles. The predicted octanol–water partition coefficient (Wildman–Crippen LogP) is 2.00. The average Bonchev–Trinajstić information content (AvgIpc) is 3.12. The van der Waals surface area contributed by atoms with Crippen molar-refractivity contribution in [2.45, 2.75) is 58.7 Å². The van der Waals surface area contributed by atoms with Gasteiger partial charge in [-0.25, -0.2) is 4.79 Å². The molecular weight excluding hydrogens is 492 g/mol. The van der Waals surface area contributed by atoms with Crippen molar-refractivity contribution in [3.63, 3.8) is 0 Å². The van der Waals surface area contributed by atoms with Crippen molar-refractivity contribution in [1.82, 2.24) is 10.2 Å². The number of aliphatic hydroxyl groups excluding tert-OH is 1. The number of hydrogen-bond donors (Lipinski definition) is 2. The highest BCUT2D eigenvalue weighted by Crippen LogP contribution is 2.62. The maximum Gasteiger partial charge on any atom is 0.340 e. The first-order valence-corrected chi connectivity index (χ1v) is 13.1. The number of ether oxygens (including phenoxy) is 3. The topological polar surface area (TPSA) is 131 Å². The molecule has 2 N–H and O–H groups in total. The molecule has 3 aliphatic carbocycles. The molecule has 0 radical (unpaired) electrons. The Morgan fingerprint density at radius 2 is 1.97 bits per heavy atom. The molecule has 1 saturated carbocycles. The summed E-state index contributed by atoms with van der Waals surface area (Å²) in [4.78, 5) is 54.4. The number of ketones is 2. The molecule has 0 bridgehead atoms. The van der Waals surface area contributed by atoms with Crippen LogP contribution in [0.3, 0.4) is 0 Å². The van der Waals surface area contributed by atoms with Gasteiger partial charge in [0.2, 0.25) is 5.78 Å². The molecule has 0 amide bonds. The van der Waals surface area contributed by atoms with Gasteiger partial charge < -0.3 is 29.5 Å². The zero-order chi connectivity index (χ0) is 28.0. The minimum Gasteiger partial charge on any atom is -0.504 e. The molecular formula is C28H38N2O8. The van der Waals surface area contributed by atoms with Crippen LogP contribution in [-0.2, 0) is 33.4 Å². The summed E-state index contributed by atoms with van der Waals surface area (Å²) in [5.41, 5.74) is -1.20. The summed E-state index contributed by atoms with van der Waals surface area (Å²) < 4.78 is 17.1. The summed E-state index contributed by atoms with van der Waals surface area (Å²) in [5.74, 6) is -2.87. The molecule has 1 saturated heterocycles. The van der Waals surface area contributed by atoms with Gasteiger partial charge in [-0.3, -0.25) is 14.4 Å². The van der Waals surface area contributed by atoms with Crippen LogP contribution >= 0.6 is 0 Å². The van der Waals surface area contributed by atoms with Crippen molar-refractivity contribution in [3.8, 4) is 0 Å². The fraction of sp³-hybridized carbons (Fsp3) is 0.643. The van der Waals surface area contributed by atoms with Crippen LogP contribution in [0.1, 0.15) is 46.5 Å². The molecule has 4 rings (SSSR count). The lowest BCUT2D eigenvalue weighted by atomic mass is 9.53. The van der Waals surface area contributed by atoms with Crippen molar-refractivity contribution >= 4 is 23.5 Å². The van der Waals surface area contributed by atoms with Crippen molar-refractivity contribution in [2.24, 2.45) is 16.7 Å². The number of aliphatic hydroxyl groups is 1. The second kappa shape index (κ2) is 10.3. The molecule has 10 nitrogen and oxygen atoms in total. The largest absolute Gasteiger partial charge is 0.504 e. The number of nitrogens with one attached hydrogen (secondary N) is 1. The van der Waals surface area contributed by atoms with Gasteiger partial charge in [0, 0.05) is 62.1 Å². The number of methoxy groups -OCH3 is 1. The molecule has 1 unspecified atom stereocenters. The van der Waals surface area contributed by atoms with Crippen LogP contribution in [0.4, 0.5) is 0 Å². The smallest absolute Gasteiger partial charge is 0.340 e. The minimum absolute atomic E-state index is 0.00411. The van der Waals surface area contributed by atoms with E-state index >= 15 is 0 Å². The van der Waals surface area contributed by atoms with Crippen LogP contribution in [0.25, 0.3) is 0 Å². The van der Waals surface area contributed by atoms with E-state index in [1.165, 1.54) is 20.2 Å². The first-order chi connectivity index (χ1) is 17.9. The Balaban J connectivity index is 1.89. The number of rotatable bonds is 8. The maximum atomic E-state index is 13.9. The zero-order valence-corrected chi connectivity index (χ0v) is 23.0. The van der Waals surface area contributed by atoms with Crippen LogP contribution in [0, 0.1) is 16.7 Å². The second-order valence-corrected chi connectivity index (χ2v) is 11.3. The lowest BCUT2D eigenvalue weighted by Gasteiger charge is -2.53.